The first-order chi connectivity index (χ1) is 13.6. The molecular weight excluding hydrogens is 505 g/mol. The maximum atomic E-state index is 10.9. The number of halogens is 2. The Morgan fingerprint density at radius 3 is 2.38 bits per heavy atom. The van der Waals surface area contributed by atoms with E-state index in [0.29, 0.717) is 10.8 Å². The van der Waals surface area contributed by atoms with Gasteiger partial charge in [0.2, 0.25) is 0 Å². The third-order valence-electron chi connectivity index (χ3n) is 4.41. The molecule has 0 atom stereocenters. The molecule has 29 heavy (non-hydrogen) atoms. The van der Waals surface area contributed by atoms with Crippen LogP contribution in [0.4, 0.5) is 5.69 Å². The number of aromatic nitrogens is 3. The van der Waals surface area contributed by atoms with Gasteiger partial charge in [0.15, 0.2) is 5.82 Å². The van der Waals surface area contributed by atoms with Crippen molar-refractivity contribution in [3.8, 4) is 17.1 Å². The maximum absolute atomic E-state index is 10.9. The fourth-order valence-corrected chi connectivity index (χ4v) is 3.04. The third kappa shape index (κ3) is 6.22. The number of hydrogen-bond acceptors (Lipinski definition) is 5. The molecule has 1 aromatic heterocycles. The van der Waals surface area contributed by atoms with Gasteiger partial charge in [0, 0.05) is 29.1 Å². The number of nitrogens with zero attached hydrogens (tertiary/aromatic N) is 4. The summed E-state index contributed by atoms with van der Waals surface area (Å²) in [7, 11) is 1.95. The van der Waals surface area contributed by atoms with E-state index >= 15 is 0 Å². The Labute approximate surface area is 191 Å². The summed E-state index contributed by atoms with van der Waals surface area (Å²) in [5.74, 6) is 1.45. The predicted molar refractivity (Wildman–Crippen MR) is 110 cm³/mol. The van der Waals surface area contributed by atoms with Crippen LogP contribution in [-0.4, -0.2) is 33.3 Å². The summed E-state index contributed by atoms with van der Waals surface area (Å²) < 4.78 is 1.77. The highest BCUT2D eigenvalue weighted by atomic mass is 127. The maximum Gasteiger partial charge on any atom is 0.269 e. The van der Waals surface area contributed by atoms with Gasteiger partial charge in [0.1, 0.15) is 5.82 Å². The van der Waals surface area contributed by atoms with Crippen LogP contribution in [0.3, 0.4) is 0 Å². The predicted octanol–water partition coefficient (Wildman–Crippen LogP) is 1.43. The molecule has 0 radical (unpaired) electrons. The minimum absolute atomic E-state index is 0. The second-order valence-corrected chi connectivity index (χ2v) is 6.89. The molecule has 3 aromatic rings. The van der Waals surface area contributed by atoms with E-state index in [0.717, 1.165) is 49.3 Å². The highest BCUT2D eigenvalue weighted by Gasteiger charge is 2.14. The molecule has 0 spiro atoms. The molecule has 0 aliphatic heterocycles. The summed E-state index contributed by atoms with van der Waals surface area (Å²) in [4.78, 5) is 15.2. The Bertz CT molecular complexity index is 929. The van der Waals surface area contributed by atoms with Gasteiger partial charge in [0.25, 0.3) is 5.69 Å². The molecule has 154 valence electrons. The van der Waals surface area contributed by atoms with E-state index in [9.17, 15) is 10.1 Å². The minimum atomic E-state index is -0.410. The molecule has 2 aromatic carbocycles. The number of aryl methyl sites for hydroxylation is 1. The van der Waals surface area contributed by atoms with Crippen LogP contribution < -0.4 is 29.3 Å². The van der Waals surface area contributed by atoms with Crippen molar-refractivity contribution in [3.05, 3.63) is 69.5 Å². The Morgan fingerprint density at radius 1 is 1.07 bits per heavy atom. The number of rotatable bonds is 9. The molecule has 3 rings (SSSR count). The first-order valence-electron chi connectivity index (χ1n) is 9.20. The molecule has 0 saturated carbocycles. The van der Waals surface area contributed by atoms with Crippen molar-refractivity contribution < 1.29 is 28.9 Å². The Kier molecular flexibility index (Phi) is 8.99. The van der Waals surface area contributed by atoms with Crippen molar-refractivity contribution in [2.75, 3.05) is 13.6 Å². The van der Waals surface area contributed by atoms with Crippen molar-refractivity contribution in [2.45, 2.75) is 25.7 Å². The zero-order chi connectivity index (χ0) is 19.9. The monoisotopic (exact) mass is 526 g/mol. The standard InChI is InChI=1S/C20H22ClN5O2.HI/c1-22-14-4-2-3-5-19-23-20(15-6-8-16(21)9-7-15)24-25(19)17-10-12-18(13-11-17)26(27)28;/h6-13,22H,2-5,14H2,1H3;1H/p-1. The van der Waals surface area contributed by atoms with Gasteiger partial charge in [-0.25, -0.2) is 9.67 Å². The summed E-state index contributed by atoms with van der Waals surface area (Å²) in [6.45, 7) is 0.991. The first-order valence-corrected chi connectivity index (χ1v) is 9.57. The van der Waals surface area contributed by atoms with Crippen LogP contribution in [0.5, 0.6) is 0 Å². The number of nitro benzene ring substituents is 1. The first kappa shape index (κ1) is 23.2. The van der Waals surface area contributed by atoms with E-state index in [1.807, 2.05) is 19.2 Å². The lowest BCUT2D eigenvalue weighted by Gasteiger charge is -2.06. The second kappa shape index (κ2) is 11.2. The van der Waals surface area contributed by atoms with Crippen LogP contribution in [0, 0.1) is 10.1 Å². The van der Waals surface area contributed by atoms with Gasteiger partial charge in [-0.05, 0) is 62.8 Å². The Hall–Kier alpha value is -2.04. The van der Waals surface area contributed by atoms with E-state index in [2.05, 4.69) is 10.4 Å². The lowest BCUT2D eigenvalue weighted by molar-refractivity contribution is -0.384. The lowest BCUT2D eigenvalue weighted by Crippen LogP contribution is -3.00. The molecular formula is C20H22ClIN5O2-. The summed E-state index contributed by atoms with van der Waals surface area (Å²) >= 11 is 5.98. The molecule has 9 heteroatoms. The molecule has 0 bridgehead atoms. The van der Waals surface area contributed by atoms with Crippen molar-refractivity contribution in [1.82, 2.24) is 20.1 Å². The number of non-ortho nitro benzene ring substituents is 1. The smallest absolute Gasteiger partial charge is 0.269 e. The van der Waals surface area contributed by atoms with Gasteiger partial charge < -0.3 is 29.3 Å². The third-order valence-corrected chi connectivity index (χ3v) is 4.66. The second-order valence-electron chi connectivity index (χ2n) is 6.46. The number of hydrogen-bond donors (Lipinski definition) is 1. The molecule has 0 unspecified atom stereocenters. The lowest BCUT2D eigenvalue weighted by atomic mass is 10.2. The normalized spacial score (nSPS) is 10.6. The largest absolute Gasteiger partial charge is 1.00 e. The van der Waals surface area contributed by atoms with Crippen LogP contribution in [-0.2, 0) is 6.42 Å². The quantitative estimate of drug-likeness (QED) is 0.197. The van der Waals surface area contributed by atoms with E-state index < -0.39 is 4.92 Å². The van der Waals surface area contributed by atoms with Crippen molar-refractivity contribution in [3.63, 3.8) is 0 Å². The van der Waals surface area contributed by atoms with Crippen LogP contribution >= 0.6 is 11.6 Å². The Morgan fingerprint density at radius 2 is 1.76 bits per heavy atom. The zero-order valence-corrected chi connectivity index (χ0v) is 18.9. The van der Waals surface area contributed by atoms with E-state index in [-0.39, 0.29) is 29.7 Å². The number of benzene rings is 2. The number of nitrogens with one attached hydrogen (secondary N) is 1. The van der Waals surface area contributed by atoms with Gasteiger partial charge in [-0.3, -0.25) is 10.1 Å². The van der Waals surface area contributed by atoms with Gasteiger partial charge in [-0.15, -0.1) is 5.10 Å². The minimum Gasteiger partial charge on any atom is -1.00 e. The van der Waals surface area contributed by atoms with Crippen LogP contribution in [0.25, 0.3) is 17.1 Å². The van der Waals surface area contributed by atoms with E-state index in [4.69, 9.17) is 16.6 Å². The molecule has 1 N–H and O–H groups in total. The molecule has 0 aliphatic rings. The fraction of sp³-hybridized carbons (Fsp3) is 0.300. The number of unbranched alkanes of at least 4 members (excludes halogenated alkanes) is 2. The average molecular weight is 527 g/mol. The zero-order valence-electron chi connectivity index (χ0n) is 16.0. The van der Waals surface area contributed by atoms with Crippen LogP contribution in [0.15, 0.2) is 48.5 Å². The fourth-order valence-electron chi connectivity index (χ4n) is 2.91. The molecule has 7 nitrogen and oxygen atoms in total. The Balaban J connectivity index is 0.00000300. The SMILES string of the molecule is CNCCCCCc1nc(-c2ccc(Cl)cc2)nn1-c1ccc([N+](=O)[O-])cc1.[I-]. The van der Waals surface area contributed by atoms with E-state index in [1.165, 1.54) is 12.1 Å². The highest BCUT2D eigenvalue weighted by molar-refractivity contribution is 6.30. The van der Waals surface area contributed by atoms with Crippen molar-refractivity contribution >= 4 is 17.3 Å². The molecule has 1 heterocycles. The molecule has 0 aliphatic carbocycles. The van der Waals surface area contributed by atoms with Crippen molar-refractivity contribution in [1.29, 1.82) is 0 Å². The van der Waals surface area contributed by atoms with Gasteiger partial charge in [-0.1, -0.05) is 18.0 Å². The van der Waals surface area contributed by atoms with Gasteiger partial charge >= 0.3 is 0 Å². The topological polar surface area (TPSA) is 85.9 Å². The van der Waals surface area contributed by atoms with Crippen LogP contribution in [0.1, 0.15) is 25.1 Å². The molecule has 0 fully saturated rings. The van der Waals surface area contributed by atoms with E-state index in [1.54, 1.807) is 28.9 Å². The summed E-state index contributed by atoms with van der Waals surface area (Å²) in [6.07, 6.45) is 3.96. The number of nitro groups is 1. The van der Waals surface area contributed by atoms with Gasteiger partial charge in [0.05, 0.1) is 10.6 Å². The molecule has 0 amide bonds. The highest BCUT2D eigenvalue weighted by Crippen LogP contribution is 2.22. The van der Waals surface area contributed by atoms with Gasteiger partial charge in [-0.2, -0.15) is 0 Å². The van der Waals surface area contributed by atoms with Crippen LogP contribution in [0.2, 0.25) is 5.02 Å². The summed E-state index contributed by atoms with van der Waals surface area (Å²) in [5.41, 5.74) is 1.68. The molecule has 0 saturated heterocycles. The summed E-state index contributed by atoms with van der Waals surface area (Å²) in [5, 5.41) is 19.4. The average Bonchev–Trinajstić information content (AvgIpc) is 3.12. The van der Waals surface area contributed by atoms with Crippen molar-refractivity contribution in [2.24, 2.45) is 0 Å². The summed E-state index contributed by atoms with van der Waals surface area (Å²) in [6, 6.07) is 13.7.